The maximum atomic E-state index is 14.2. The van der Waals surface area contributed by atoms with Crippen molar-refractivity contribution in [3.8, 4) is 22.3 Å². The molecule has 0 fully saturated rings. The summed E-state index contributed by atoms with van der Waals surface area (Å²) in [7, 11) is -4.00. The zero-order valence-corrected chi connectivity index (χ0v) is 13.4. The minimum atomic E-state index is -4.00. The van der Waals surface area contributed by atoms with Crippen LogP contribution in [0, 0.1) is 11.6 Å². The van der Waals surface area contributed by atoms with Gasteiger partial charge < -0.3 is 0 Å². The van der Waals surface area contributed by atoms with Crippen molar-refractivity contribution in [2.45, 2.75) is 4.90 Å². The molecule has 0 saturated heterocycles. The van der Waals surface area contributed by atoms with Gasteiger partial charge in [0, 0.05) is 42.2 Å². The van der Waals surface area contributed by atoms with Crippen molar-refractivity contribution in [3.05, 3.63) is 66.8 Å². The number of halogens is 2. The molecule has 122 valence electrons. The van der Waals surface area contributed by atoms with E-state index in [9.17, 15) is 17.2 Å². The van der Waals surface area contributed by atoms with Gasteiger partial charge in [0.2, 0.25) is 0 Å². The van der Waals surface area contributed by atoms with Crippen LogP contribution in [-0.2, 0) is 9.84 Å². The smallest absolute Gasteiger partial charge is 0.181 e. The second-order valence-corrected chi connectivity index (χ2v) is 7.16. The average molecular weight is 346 g/mol. The van der Waals surface area contributed by atoms with Crippen LogP contribution in [0.1, 0.15) is 0 Å². The first-order valence-electron chi connectivity index (χ1n) is 6.92. The molecule has 0 bridgehead atoms. The fourth-order valence-electron chi connectivity index (χ4n) is 2.47. The lowest BCUT2D eigenvalue weighted by atomic mass is 9.97. The van der Waals surface area contributed by atoms with Gasteiger partial charge in [-0.05, 0) is 35.4 Å². The molecule has 2 aromatic heterocycles. The molecule has 1 aromatic carbocycles. The van der Waals surface area contributed by atoms with Gasteiger partial charge in [-0.3, -0.25) is 9.97 Å². The summed E-state index contributed by atoms with van der Waals surface area (Å²) >= 11 is 0. The molecule has 0 N–H and O–H groups in total. The maximum absolute atomic E-state index is 14.2. The number of sulfone groups is 1. The topological polar surface area (TPSA) is 59.9 Å². The van der Waals surface area contributed by atoms with E-state index < -0.39 is 26.4 Å². The van der Waals surface area contributed by atoms with Gasteiger partial charge in [0.25, 0.3) is 0 Å². The second kappa shape index (κ2) is 6.09. The van der Waals surface area contributed by atoms with Crippen molar-refractivity contribution in [1.29, 1.82) is 0 Å². The van der Waals surface area contributed by atoms with E-state index in [1.807, 2.05) is 6.07 Å². The quantitative estimate of drug-likeness (QED) is 0.728. The molecule has 0 aliphatic rings. The molecular formula is C17H12F2N2O2S. The van der Waals surface area contributed by atoms with Crippen molar-refractivity contribution in [2.75, 3.05) is 6.26 Å². The van der Waals surface area contributed by atoms with E-state index in [4.69, 9.17) is 0 Å². The maximum Gasteiger partial charge on any atom is 0.181 e. The summed E-state index contributed by atoms with van der Waals surface area (Å²) in [6, 6.07) is 7.25. The van der Waals surface area contributed by atoms with E-state index in [2.05, 4.69) is 9.97 Å². The van der Waals surface area contributed by atoms with Crippen LogP contribution in [0.3, 0.4) is 0 Å². The van der Waals surface area contributed by atoms with E-state index in [1.165, 1.54) is 6.20 Å². The van der Waals surface area contributed by atoms with E-state index in [1.54, 1.807) is 30.7 Å². The number of pyridine rings is 2. The van der Waals surface area contributed by atoms with Crippen molar-refractivity contribution in [2.24, 2.45) is 0 Å². The number of rotatable bonds is 3. The molecule has 0 spiro atoms. The van der Waals surface area contributed by atoms with Crippen LogP contribution in [-0.4, -0.2) is 24.6 Å². The number of hydrogen-bond acceptors (Lipinski definition) is 4. The molecule has 0 radical (unpaired) electrons. The molecule has 2 heterocycles. The summed E-state index contributed by atoms with van der Waals surface area (Å²) in [5, 5.41) is 0. The lowest BCUT2D eigenvalue weighted by Crippen LogP contribution is -2.05. The van der Waals surface area contributed by atoms with Crippen LogP contribution in [0.15, 0.2) is 60.0 Å². The molecule has 24 heavy (non-hydrogen) atoms. The fraction of sp³-hybridized carbons (Fsp3) is 0.0588. The van der Waals surface area contributed by atoms with Gasteiger partial charge in [-0.15, -0.1) is 0 Å². The molecule has 0 saturated carbocycles. The van der Waals surface area contributed by atoms with Gasteiger partial charge in [0.1, 0.15) is 16.5 Å². The Kier molecular flexibility index (Phi) is 4.11. The summed E-state index contributed by atoms with van der Waals surface area (Å²) < 4.78 is 51.4. The van der Waals surface area contributed by atoms with Gasteiger partial charge in [-0.2, -0.15) is 0 Å². The van der Waals surface area contributed by atoms with Gasteiger partial charge >= 0.3 is 0 Å². The number of nitrogens with zero attached hydrogens (tertiary/aromatic N) is 2. The van der Waals surface area contributed by atoms with Crippen LogP contribution in [0.4, 0.5) is 8.78 Å². The van der Waals surface area contributed by atoms with Crippen LogP contribution < -0.4 is 0 Å². The fourth-order valence-corrected chi connectivity index (χ4v) is 3.29. The zero-order valence-electron chi connectivity index (χ0n) is 12.6. The minimum Gasteiger partial charge on any atom is -0.264 e. The van der Waals surface area contributed by atoms with Crippen LogP contribution in [0.5, 0.6) is 0 Å². The van der Waals surface area contributed by atoms with Gasteiger partial charge in [-0.25, -0.2) is 17.2 Å². The third-order valence-corrected chi connectivity index (χ3v) is 4.61. The molecule has 3 rings (SSSR count). The molecule has 4 nitrogen and oxygen atoms in total. The predicted molar refractivity (Wildman–Crippen MR) is 85.9 cm³/mol. The van der Waals surface area contributed by atoms with Crippen molar-refractivity contribution in [3.63, 3.8) is 0 Å². The Bertz CT molecular complexity index is 983. The first-order valence-corrected chi connectivity index (χ1v) is 8.81. The summed E-state index contributed by atoms with van der Waals surface area (Å²) in [6.07, 6.45) is 7.03. The van der Waals surface area contributed by atoms with Crippen molar-refractivity contribution >= 4 is 9.84 Å². The normalized spacial score (nSPS) is 11.5. The number of aromatic nitrogens is 2. The molecule has 0 unspecified atom stereocenters. The molecule has 0 amide bonds. The first kappa shape index (κ1) is 16.2. The Balaban J connectivity index is 2.22. The molecule has 3 aromatic rings. The highest BCUT2D eigenvalue weighted by Crippen LogP contribution is 2.33. The Morgan fingerprint density at radius 2 is 1.54 bits per heavy atom. The Morgan fingerprint density at radius 3 is 2.12 bits per heavy atom. The number of benzene rings is 1. The third kappa shape index (κ3) is 3.03. The van der Waals surface area contributed by atoms with E-state index >= 15 is 0 Å². The van der Waals surface area contributed by atoms with E-state index in [-0.39, 0.29) is 5.56 Å². The largest absolute Gasteiger partial charge is 0.264 e. The number of hydrogen-bond donors (Lipinski definition) is 0. The van der Waals surface area contributed by atoms with Crippen LogP contribution in [0.25, 0.3) is 22.3 Å². The standard InChI is InChI=1S/C17H12F2N2O2S/c1-24(22,23)17-15(18)7-12(8-16(17)19)14-10-21-6-4-13(14)11-3-2-5-20-9-11/h2-10H,1H3. The van der Waals surface area contributed by atoms with E-state index in [0.717, 1.165) is 24.0 Å². The SMILES string of the molecule is CS(=O)(=O)c1c(F)cc(-c2cnccc2-c2cccnc2)cc1F. The summed E-state index contributed by atoms with van der Waals surface area (Å²) in [4.78, 5) is 7.09. The van der Waals surface area contributed by atoms with Crippen LogP contribution in [0.2, 0.25) is 0 Å². The Hall–Kier alpha value is -2.67. The monoisotopic (exact) mass is 346 g/mol. The molecular weight excluding hydrogens is 334 g/mol. The molecule has 0 aliphatic carbocycles. The first-order chi connectivity index (χ1) is 11.4. The lowest BCUT2D eigenvalue weighted by Gasteiger charge is -2.11. The van der Waals surface area contributed by atoms with Gasteiger partial charge in [0.15, 0.2) is 9.84 Å². The lowest BCUT2D eigenvalue weighted by molar-refractivity contribution is 0.522. The van der Waals surface area contributed by atoms with Crippen molar-refractivity contribution < 1.29 is 17.2 Å². The highest BCUT2D eigenvalue weighted by Gasteiger charge is 2.21. The summed E-state index contributed by atoms with van der Waals surface area (Å²) in [6.45, 7) is 0. The second-order valence-electron chi connectivity index (χ2n) is 5.20. The summed E-state index contributed by atoms with van der Waals surface area (Å²) in [5.74, 6) is -2.26. The van der Waals surface area contributed by atoms with Gasteiger partial charge in [-0.1, -0.05) is 6.07 Å². The summed E-state index contributed by atoms with van der Waals surface area (Å²) in [5.41, 5.74) is 2.11. The Labute approximate surface area is 137 Å². The highest BCUT2D eigenvalue weighted by molar-refractivity contribution is 7.90. The predicted octanol–water partition coefficient (Wildman–Crippen LogP) is 3.49. The average Bonchev–Trinajstić information content (AvgIpc) is 2.53. The zero-order chi connectivity index (χ0) is 17.3. The Morgan fingerprint density at radius 1 is 0.875 bits per heavy atom. The molecule has 0 aliphatic heterocycles. The van der Waals surface area contributed by atoms with Gasteiger partial charge in [0.05, 0.1) is 0 Å². The third-order valence-electron chi connectivity index (χ3n) is 3.47. The molecule has 0 atom stereocenters. The van der Waals surface area contributed by atoms with Crippen molar-refractivity contribution in [1.82, 2.24) is 9.97 Å². The minimum absolute atomic E-state index is 0.198. The van der Waals surface area contributed by atoms with E-state index in [0.29, 0.717) is 11.1 Å². The van der Waals surface area contributed by atoms with Crippen LogP contribution >= 0.6 is 0 Å². The highest BCUT2D eigenvalue weighted by atomic mass is 32.2. The molecule has 7 heteroatoms.